The van der Waals surface area contributed by atoms with Gasteiger partial charge in [0.05, 0.1) is 0 Å². The zero-order valence-corrected chi connectivity index (χ0v) is 19.0. The third-order valence-electron chi connectivity index (χ3n) is 7.22. The van der Waals surface area contributed by atoms with Gasteiger partial charge in [0, 0.05) is 42.7 Å². The van der Waals surface area contributed by atoms with Crippen LogP contribution in [0.25, 0.3) is 0 Å². The van der Waals surface area contributed by atoms with Gasteiger partial charge in [-0.15, -0.1) is 0 Å². The minimum absolute atomic E-state index is 0.126. The Morgan fingerprint density at radius 2 is 2.00 bits per heavy atom. The van der Waals surface area contributed by atoms with Crippen molar-refractivity contribution in [2.75, 3.05) is 26.2 Å². The molecule has 0 saturated carbocycles. The average Bonchev–Trinajstić information content (AvgIpc) is 2.77. The van der Waals surface area contributed by atoms with E-state index in [1.54, 1.807) is 0 Å². The predicted octanol–water partition coefficient (Wildman–Crippen LogP) is 4.78. The number of carbonyl (C=O) groups excluding carboxylic acids is 1. The van der Waals surface area contributed by atoms with E-state index in [9.17, 15) is 4.79 Å². The van der Waals surface area contributed by atoms with Crippen molar-refractivity contribution in [1.29, 1.82) is 0 Å². The van der Waals surface area contributed by atoms with Crippen LogP contribution in [0.2, 0.25) is 0 Å². The molecule has 0 aromatic heterocycles. The van der Waals surface area contributed by atoms with E-state index in [1.165, 1.54) is 27.6 Å². The molecule has 2 fully saturated rings. The van der Waals surface area contributed by atoms with E-state index >= 15 is 0 Å². The monoisotopic (exact) mass is 467 g/mol. The maximum absolute atomic E-state index is 13.1. The molecular weight excluding hydrogens is 438 g/mol. The highest BCUT2D eigenvalue weighted by molar-refractivity contribution is 9.10. The first kappa shape index (κ1) is 20.1. The van der Waals surface area contributed by atoms with E-state index in [4.69, 9.17) is 0 Å². The molecule has 0 bridgehead atoms. The third-order valence-corrected chi connectivity index (χ3v) is 7.71. The second-order valence-electron chi connectivity index (χ2n) is 8.97. The number of carbonyl (C=O) groups is 1. The second-order valence-corrected chi connectivity index (χ2v) is 9.89. The van der Waals surface area contributed by atoms with E-state index in [1.807, 2.05) is 6.07 Å². The van der Waals surface area contributed by atoms with Crippen molar-refractivity contribution in [3.05, 3.63) is 69.7 Å². The molecule has 2 aromatic rings. The minimum atomic E-state index is 0.126. The number of nitrogens with one attached hydrogen (secondary N) is 1. The van der Waals surface area contributed by atoms with Crippen LogP contribution >= 0.6 is 15.9 Å². The first-order chi connectivity index (χ1) is 14.7. The van der Waals surface area contributed by atoms with Crippen LogP contribution in [0.5, 0.6) is 0 Å². The van der Waals surface area contributed by atoms with E-state index in [0.29, 0.717) is 24.5 Å². The molecule has 5 rings (SSSR count). The van der Waals surface area contributed by atoms with Gasteiger partial charge in [0.2, 0.25) is 0 Å². The maximum Gasteiger partial charge on any atom is 0.317 e. The van der Waals surface area contributed by atoms with Gasteiger partial charge in [-0.2, -0.15) is 0 Å². The quantitative estimate of drug-likeness (QED) is 0.704. The van der Waals surface area contributed by atoms with Gasteiger partial charge < -0.3 is 10.2 Å². The normalized spacial score (nSPS) is 25.8. The Hall–Kier alpha value is -1.85. The number of fused-ring (bicyclic) bond motifs is 4. The fraction of sp³-hybridized carbons (Fsp3) is 0.480. The highest BCUT2D eigenvalue weighted by Crippen LogP contribution is 2.43. The molecule has 2 amide bonds. The molecule has 158 valence electrons. The van der Waals surface area contributed by atoms with Gasteiger partial charge in [0.1, 0.15) is 0 Å². The summed E-state index contributed by atoms with van der Waals surface area (Å²) < 4.78 is 1.17. The van der Waals surface area contributed by atoms with Crippen LogP contribution in [0.1, 0.15) is 42.0 Å². The molecule has 0 unspecified atom stereocenters. The van der Waals surface area contributed by atoms with Gasteiger partial charge in [0.15, 0.2) is 0 Å². The van der Waals surface area contributed by atoms with Crippen molar-refractivity contribution in [1.82, 2.24) is 15.1 Å². The summed E-state index contributed by atoms with van der Waals surface area (Å²) in [6.45, 7) is 3.85. The smallest absolute Gasteiger partial charge is 0.317 e. The molecule has 2 saturated heterocycles. The minimum Gasteiger partial charge on any atom is -0.338 e. The van der Waals surface area contributed by atoms with Crippen molar-refractivity contribution in [2.24, 2.45) is 5.92 Å². The number of piperidine rings is 2. The Balaban J connectivity index is 1.27. The van der Waals surface area contributed by atoms with E-state index < -0.39 is 0 Å². The topological polar surface area (TPSA) is 35.6 Å². The van der Waals surface area contributed by atoms with Gasteiger partial charge >= 0.3 is 6.03 Å². The lowest BCUT2D eigenvalue weighted by Crippen LogP contribution is -2.59. The molecule has 1 N–H and O–H groups in total. The largest absolute Gasteiger partial charge is 0.338 e. The van der Waals surface area contributed by atoms with Crippen LogP contribution < -0.4 is 5.32 Å². The molecule has 3 atom stereocenters. The number of hydrogen-bond donors (Lipinski definition) is 1. The summed E-state index contributed by atoms with van der Waals surface area (Å²) in [5, 5.41) is 3.20. The Labute approximate surface area is 187 Å². The van der Waals surface area contributed by atoms with Crippen LogP contribution in [0.15, 0.2) is 53.0 Å². The summed E-state index contributed by atoms with van der Waals surface area (Å²) in [7, 11) is 0. The van der Waals surface area contributed by atoms with Crippen LogP contribution in [-0.2, 0) is 12.8 Å². The summed E-state index contributed by atoms with van der Waals surface area (Å²) >= 11 is 3.63. The van der Waals surface area contributed by atoms with Crippen LogP contribution in [0.3, 0.4) is 0 Å². The number of halogens is 1. The van der Waals surface area contributed by atoms with Crippen LogP contribution in [0.4, 0.5) is 4.79 Å². The zero-order chi connectivity index (χ0) is 20.5. The Bertz CT molecular complexity index is 903. The molecule has 0 aliphatic carbocycles. The highest BCUT2D eigenvalue weighted by Gasteiger charge is 2.43. The SMILES string of the molecule is O=C(NCCc1ccccc1)N1CCC[C@H]2CN3CCc4cc(Br)ccc4[C@H]3C[C@H]21. The average molecular weight is 468 g/mol. The van der Waals surface area contributed by atoms with Gasteiger partial charge in [-0.05, 0) is 66.8 Å². The van der Waals surface area contributed by atoms with Crippen LogP contribution in [0, 0.1) is 5.92 Å². The Morgan fingerprint density at radius 3 is 2.87 bits per heavy atom. The van der Waals surface area contributed by atoms with Gasteiger partial charge in [-0.25, -0.2) is 4.79 Å². The first-order valence-electron chi connectivity index (χ1n) is 11.3. The van der Waals surface area contributed by atoms with E-state index in [-0.39, 0.29) is 6.03 Å². The van der Waals surface area contributed by atoms with E-state index in [2.05, 4.69) is 73.5 Å². The fourth-order valence-electron chi connectivity index (χ4n) is 5.74. The van der Waals surface area contributed by atoms with Gasteiger partial charge in [-0.3, -0.25) is 4.90 Å². The van der Waals surface area contributed by atoms with Crippen molar-refractivity contribution in [3.63, 3.8) is 0 Å². The van der Waals surface area contributed by atoms with Crippen molar-refractivity contribution >= 4 is 22.0 Å². The van der Waals surface area contributed by atoms with Crippen molar-refractivity contribution in [2.45, 2.75) is 44.2 Å². The Morgan fingerprint density at radius 1 is 1.13 bits per heavy atom. The first-order valence-corrected chi connectivity index (χ1v) is 12.1. The van der Waals surface area contributed by atoms with E-state index in [0.717, 1.165) is 45.3 Å². The molecule has 4 nitrogen and oxygen atoms in total. The predicted molar refractivity (Wildman–Crippen MR) is 124 cm³/mol. The van der Waals surface area contributed by atoms with Crippen LogP contribution in [-0.4, -0.2) is 48.1 Å². The molecule has 2 aromatic carbocycles. The summed E-state index contributed by atoms with van der Waals surface area (Å²) in [4.78, 5) is 17.9. The molecule has 3 heterocycles. The molecule has 0 spiro atoms. The van der Waals surface area contributed by atoms with Crippen molar-refractivity contribution in [3.8, 4) is 0 Å². The molecule has 5 heteroatoms. The number of nitrogens with zero attached hydrogens (tertiary/aromatic N) is 2. The lowest BCUT2D eigenvalue weighted by atomic mass is 9.77. The van der Waals surface area contributed by atoms with Gasteiger partial charge in [-0.1, -0.05) is 52.3 Å². The lowest BCUT2D eigenvalue weighted by Gasteiger charge is -2.52. The summed E-state index contributed by atoms with van der Waals surface area (Å²) in [5.74, 6) is 0.604. The number of hydrogen-bond acceptors (Lipinski definition) is 2. The molecular formula is C25H30BrN3O. The summed E-state index contributed by atoms with van der Waals surface area (Å²) in [5.41, 5.74) is 4.21. The second kappa shape index (κ2) is 8.72. The zero-order valence-electron chi connectivity index (χ0n) is 17.4. The summed E-state index contributed by atoms with van der Waals surface area (Å²) in [6.07, 6.45) is 5.44. The molecule has 30 heavy (non-hydrogen) atoms. The number of benzene rings is 2. The molecule has 3 aliphatic rings. The number of urea groups is 1. The fourth-order valence-corrected chi connectivity index (χ4v) is 6.15. The number of rotatable bonds is 3. The highest BCUT2D eigenvalue weighted by atomic mass is 79.9. The number of likely N-dealkylation sites (tertiary alicyclic amines) is 1. The summed E-state index contributed by atoms with van der Waals surface area (Å²) in [6, 6.07) is 18.1. The van der Waals surface area contributed by atoms with Gasteiger partial charge in [0.25, 0.3) is 0 Å². The lowest BCUT2D eigenvalue weighted by molar-refractivity contribution is 0.00578. The molecule has 3 aliphatic heterocycles. The Kier molecular flexibility index (Phi) is 5.83. The maximum atomic E-state index is 13.1. The van der Waals surface area contributed by atoms with Crippen molar-refractivity contribution < 1.29 is 4.79 Å². The molecule has 0 radical (unpaired) electrons. The third kappa shape index (κ3) is 4.02. The number of amides is 2. The standard InChI is InChI=1S/C25H30BrN3O/c26-21-8-9-22-19(15-21)11-14-28-17-20-7-4-13-29(23(20)16-24(22)28)25(30)27-12-10-18-5-2-1-3-6-18/h1-3,5-6,8-9,15,20,23-24H,4,7,10-14,16-17H2,(H,27,30)/t20-,23+,24+/m0/s1.